The molecule has 0 N–H and O–H groups in total. The highest BCUT2D eigenvalue weighted by Crippen LogP contribution is 2.31. The maximum atomic E-state index is 6.87. The van der Waals surface area contributed by atoms with Gasteiger partial charge < -0.3 is 4.43 Å². The Kier molecular flexibility index (Phi) is 16.3. The summed E-state index contributed by atoms with van der Waals surface area (Å²) >= 11 is 0. The lowest BCUT2D eigenvalue weighted by atomic mass is 10.1. The highest BCUT2D eigenvalue weighted by atomic mass is 28.4. The summed E-state index contributed by atoms with van der Waals surface area (Å²) < 4.78 is 6.87. The van der Waals surface area contributed by atoms with E-state index in [0.717, 1.165) is 5.75 Å². The zero-order valence-corrected chi connectivity index (χ0v) is 21.0. The molecule has 1 aromatic rings. The first kappa shape index (κ1) is 26.3. The lowest BCUT2D eigenvalue weighted by Crippen LogP contribution is -2.41. The maximum absolute atomic E-state index is 6.87. The second-order valence-electron chi connectivity index (χ2n) is 9.09. The van der Waals surface area contributed by atoms with E-state index < -0.39 is 8.32 Å². The van der Waals surface area contributed by atoms with Gasteiger partial charge in [-0.1, -0.05) is 135 Å². The summed E-state index contributed by atoms with van der Waals surface area (Å²) in [5.74, 6) is 1.12. The Morgan fingerprint density at radius 3 is 1.41 bits per heavy atom. The third-order valence-electron chi connectivity index (χ3n) is 6.26. The van der Waals surface area contributed by atoms with E-state index >= 15 is 0 Å². The van der Waals surface area contributed by atoms with Crippen LogP contribution in [0.4, 0.5) is 0 Å². The molecule has 2 heteroatoms. The quantitative estimate of drug-likeness (QED) is 0.151. The molecule has 0 saturated carbocycles. The number of rotatable bonds is 20. The van der Waals surface area contributed by atoms with Gasteiger partial charge in [0.15, 0.2) is 0 Å². The van der Waals surface area contributed by atoms with Gasteiger partial charge in [0.25, 0.3) is 8.32 Å². The third kappa shape index (κ3) is 13.2. The smallest absolute Gasteiger partial charge is 0.251 e. The molecule has 1 rings (SSSR count). The van der Waals surface area contributed by atoms with E-state index in [1.807, 2.05) is 0 Å². The van der Waals surface area contributed by atoms with Crippen molar-refractivity contribution in [3.05, 3.63) is 30.3 Å². The van der Waals surface area contributed by atoms with E-state index in [0.29, 0.717) is 0 Å². The van der Waals surface area contributed by atoms with Crippen LogP contribution in [0.25, 0.3) is 0 Å². The van der Waals surface area contributed by atoms with E-state index in [4.69, 9.17) is 4.43 Å². The molecule has 168 valence electrons. The number of benzene rings is 1. The van der Waals surface area contributed by atoms with Crippen molar-refractivity contribution in [3.8, 4) is 5.75 Å². The van der Waals surface area contributed by atoms with Crippen LogP contribution in [0, 0.1) is 0 Å². The van der Waals surface area contributed by atoms with Gasteiger partial charge in [0.05, 0.1) is 0 Å². The van der Waals surface area contributed by atoms with E-state index in [-0.39, 0.29) is 0 Å². The summed E-state index contributed by atoms with van der Waals surface area (Å²) in [6, 6.07) is 14.7. The first-order valence-electron chi connectivity index (χ1n) is 13.0. The van der Waals surface area contributed by atoms with E-state index in [2.05, 4.69) is 51.1 Å². The van der Waals surface area contributed by atoms with Crippen molar-refractivity contribution in [3.63, 3.8) is 0 Å². The fraction of sp³-hybridized carbons (Fsp3) is 0.778. The van der Waals surface area contributed by atoms with Crippen molar-refractivity contribution in [1.29, 1.82) is 0 Å². The molecule has 0 amide bonds. The SMILES string of the molecule is CCCCCCCCCC[Si](CCC)(CCCCCCCC)Oc1ccccc1. The first-order chi connectivity index (χ1) is 14.3. The summed E-state index contributed by atoms with van der Waals surface area (Å²) in [4.78, 5) is 0. The van der Waals surface area contributed by atoms with Gasteiger partial charge >= 0.3 is 0 Å². The lowest BCUT2D eigenvalue weighted by Gasteiger charge is -2.32. The van der Waals surface area contributed by atoms with Gasteiger partial charge in [0.1, 0.15) is 5.75 Å². The van der Waals surface area contributed by atoms with Crippen LogP contribution in [0.5, 0.6) is 5.75 Å². The summed E-state index contributed by atoms with van der Waals surface area (Å²) in [7, 11) is -1.69. The summed E-state index contributed by atoms with van der Waals surface area (Å²) in [6.07, 6.45) is 20.9. The van der Waals surface area contributed by atoms with Crippen molar-refractivity contribution in [2.24, 2.45) is 0 Å². The van der Waals surface area contributed by atoms with Crippen LogP contribution in [0.3, 0.4) is 0 Å². The normalized spacial score (nSPS) is 13.3. The molecule has 1 aromatic carbocycles. The van der Waals surface area contributed by atoms with E-state index in [9.17, 15) is 0 Å². The largest absolute Gasteiger partial charge is 0.543 e. The van der Waals surface area contributed by atoms with Gasteiger partial charge in [0, 0.05) is 0 Å². The molecule has 0 aliphatic heterocycles. The van der Waals surface area contributed by atoms with Crippen LogP contribution in [-0.2, 0) is 0 Å². The molecule has 0 radical (unpaired) electrons. The monoisotopic (exact) mass is 418 g/mol. The fourth-order valence-electron chi connectivity index (χ4n) is 4.53. The predicted octanol–water partition coefficient (Wildman–Crippen LogP) is 9.92. The van der Waals surface area contributed by atoms with Gasteiger partial charge in [-0.2, -0.15) is 0 Å². The molecule has 0 spiro atoms. The summed E-state index contributed by atoms with van der Waals surface area (Å²) in [5, 5.41) is 0. The number of para-hydroxylation sites is 1. The maximum Gasteiger partial charge on any atom is 0.251 e. The lowest BCUT2D eigenvalue weighted by molar-refractivity contribution is 0.503. The van der Waals surface area contributed by atoms with Crippen molar-refractivity contribution < 1.29 is 4.43 Å². The molecule has 1 nitrogen and oxygen atoms in total. The highest BCUT2D eigenvalue weighted by Gasteiger charge is 2.34. The van der Waals surface area contributed by atoms with Crippen molar-refractivity contribution in [2.45, 2.75) is 135 Å². The average Bonchev–Trinajstić information content (AvgIpc) is 2.73. The van der Waals surface area contributed by atoms with Crippen molar-refractivity contribution in [2.75, 3.05) is 0 Å². The van der Waals surface area contributed by atoms with Gasteiger partial charge in [0.2, 0.25) is 0 Å². The second kappa shape index (κ2) is 18.0. The first-order valence-corrected chi connectivity index (χ1v) is 15.5. The number of hydrogen-bond acceptors (Lipinski definition) is 1. The van der Waals surface area contributed by atoms with Gasteiger partial charge in [-0.25, -0.2) is 0 Å². The minimum Gasteiger partial charge on any atom is -0.543 e. The average molecular weight is 419 g/mol. The molecular weight excluding hydrogens is 368 g/mol. The van der Waals surface area contributed by atoms with Crippen molar-refractivity contribution in [1.82, 2.24) is 0 Å². The van der Waals surface area contributed by atoms with Gasteiger partial charge in [-0.15, -0.1) is 0 Å². The molecule has 0 heterocycles. The summed E-state index contributed by atoms with van der Waals surface area (Å²) in [6.45, 7) is 6.95. The molecule has 0 aromatic heterocycles. The second-order valence-corrected chi connectivity index (χ2v) is 13.2. The van der Waals surface area contributed by atoms with E-state index in [1.165, 1.54) is 114 Å². The Hall–Kier alpha value is -0.763. The number of hydrogen-bond donors (Lipinski definition) is 0. The van der Waals surface area contributed by atoms with Crippen LogP contribution in [0.2, 0.25) is 18.1 Å². The topological polar surface area (TPSA) is 9.23 Å². The van der Waals surface area contributed by atoms with Crippen LogP contribution >= 0.6 is 0 Å². The molecule has 1 unspecified atom stereocenters. The van der Waals surface area contributed by atoms with Crippen LogP contribution in [0.1, 0.15) is 117 Å². The van der Waals surface area contributed by atoms with Crippen LogP contribution in [0.15, 0.2) is 30.3 Å². The number of unbranched alkanes of at least 4 members (excludes halogenated alkanes) is 12. The van der Waals surface area contributed by atoms with Crippen LogP contribution in [-0.4, -0.2) is 8.32 Å². The predicted molar refractivity (Wildman–Crippen MR) is 134 cm³/mol. The highest BCUT2D eigenvalue weighted by molar-refractivity contribution is 6.74. The van der Waals surface area contributed by atoms with Gasteiger partial charge in [-0.05, 0) is 30.3 Å². The van der Waals surface area contributed by atoms with Crippen molar-refractivity contribution >= 4 is 8.32 Å². The Bertz CT molecular complexity index is 461. The molecule has 0 fully saturated rings. The molecule has 1 atom stereocenters. The zero-order valence-electron chi connectivity index (χ0n) is 20.0. The minimum atomic E-state index is -1.69. The molecule has 0 aliphatic carbocycles. The molecule has 0 aliphatic rings. The molecule has 29 heavy (non-hydrogen) atoms. The molecular formula is C27H50OSi. The van der Waals surface area contributed by atoms with E-state index in [1.54, 1.807) is 0 Å². The summed E-state index contributed by atoms with van der Waals surface area (Å²) in [5.41, 5.74) is 0. The van der Waals surface area contributed by atoms with Crippen LogP contribution < -0.4 is 4.43 Å². The van der Waals surface area contributed by atoms with Gasteiger partial charge in [-0.3, -0.25) is 0 Å². The Labute approximate surface area is 184 Å². The zero-order chi connectivity index (χ0) is 21.0. The Morgan fingerprint density at radius 2 is 0.966 bits per heavy atom. The standard InChI is InChI=1S/C27H50OSi/c1-4-7-9-11-13-14-16-21-26-29(24-6-3,25-20-15-12-10-8-5-2)28-27-22-18-17-19-23-27/h17-19,22-23H,4-16,20-21,24-26H2,1-3H3. The third-order valence-corrected chi connectivity index (χ3v) is 10.9. The molecule has 0 saturated heterocycles. The Morgan fingerprint density at radius 1 is 0.517 bits per heavy atom. The Balaban J connectivity index is 2.52. The minimum absolute atomic E-state index is 1.12. The molecule has 0 bridgehead atoms. The fourth-order valence-corrected chi connectivity index (χ4v) is 8.92.